The van der Waals surface area contributed by atoms with Gasteiger partial charge in [0, 0.05) is 19.6 Å². The minimum atomic E-state index is 0.108. The lowest BCUT2D eigenvalue weighted by atomic mass is 10.2. The van der Waals surface area contributed by atoms with Crippen LogP contribution in [0, 0.1) is 6.92 Å². The molecule has 22 heavy (non-hydrogen) atoms. The summed E-state index contributed by atoms with van der Waals surface area (Å²) in [5.41, 5.74) is 1.14. The first-order valence-corrected chi connectivity index (χ1v) is 8.46. The molecule has 5 nitrogen and oxygen atoms in total. The summed E-state index contributed by atoms with van der Waals surface area (Å²) in [5.74, 6) is 1.45. The summed E-state index contributed by atoms with van der Waals surface area (Å²) in [7, 11) is 1.84. The zero-order valence-electron chi connectivity index (χ0n) is 12.9. The van der Waals surface area contributed by atoms with Crippen LogP contribution in [0.15, 0.2) is 35.5 Å². The molecule has 1 aromatic carbocycles. The Hall–Kier alpha value is -1.82. The number of aryl methyl sites for hydroxylation is 1. The lowest BCUT2D eigenvalue weighted by Crippen LogP contribution is -2.27. The molecule has 0 saturated heterocycles. The SMILES string of the molecule is Cc1nnc(SCC(=O)N(C)Cc2ccccc2)n1C1CC1. The highest BCUT2D eigenvalue weighted by molar-refractivity contribution is 7.99. The molecule has 0 N–H and O–H groups in total. The number of benzene rings is 1. The van der Waals surface area contributed by atoms with E-state index in [1.165, 1.54) is 24.6 Å². The number of aromatic nitrogens is 3. The van der Waals surface area contributed by atoms with Crippen molar-refractivity contribution in [2.75, 3.05) is 12.8 Å². The number of hydrogen-bond donors (Lipinski definition) is 0. The number of nitrogens with zero attached hydrogens (tertiary/aromatic N) is 4. The van der Waals surface area contributed by atoms with Crippen LogP contribution in [0.25, 0.3) is 0 Å². The Balaban J connectivity index is 1.56. The maximum atomic E-state index is 12.3. The minimum absolute atomic E-state index is 0.108. The molecular formula is C16H20N4OS. The molecule has 116 valence electrons. The minimum Gasteiger partial charge on any atom is -0.341 e. The van der Waals surface area contributed by atoms with E-state index in [-0.39, 0.29) is 5.91 Å². The number of carbonyl (C=O) groups is 1. The third-order valence-electron chi connectivity index (χ3n) is 3.76. The third-order valence-corrected chi connectivity index (χ3v) is 4.69. The van der Waals surface area contributed by atoms with Crippen molar-refractivity contribution in [3.8, 4) is 0 Å². The first kappa shape index (κ1) is 15.1. The molecule has 0 spiro atoms. The molecule has 0 radical (unpaired) electrons. The van der Waals surface area contributed by atoms with Crippen molar-refractivity contribution in [1.82, 2.24) is 19.7 Å². The number of carbonyl (C=O) groups excluding carboxylic acids is 1. The van der Waals surface area contributed by atoms with Crippen LogP contribution < -0.4 is 0 Å². The fraction of sp³-hybridized carbons (Fsp3) is 0.438. The van der Waals surface area contributed by atoms with Gasteiger partial charge in [-0.1, -0.05) is 42.1 Å². The Morgan fingerprint density at radius 3 is 2.73 bits per heavy atom. The molecule has 1 amide bonds. The molecule has 3 rings (SSSR count). The van der Waals surface area contributed by atoms with E-state index in [0.29, 0.717) is 18.3 Å². The van der Waals surface area contributed by atoms with Gasteiger partial charge in [0.2, 0.25) is 5.91 Å². The Kier molecular flexibility index (Phi) is 4.47. The van der Waals surface area contributed by atoms with Gasteiger partial charge in [-0.2, -0.15) is 0 Å². The Morgan fingerprint density at radius 1 is 1.32 bits per heavy atom. The van der Waals surface area contributed by atoms with Gasteiger partial charge in [0.05, 0.1) is 5.75 Å². The van der Waals surface area contributed by atoms with E-state index in [2.05, 4.69) is 14.8 Å². The van der Waals surface area contributed by atoms with Crippen LogP contribution in [0.4, 0.5) is 0 Å². The normalized spacial score (nSPS) is 14.1. The molecule has 2 aromatic rings. The van der Waals surface area contributed by atoms with E-state index in [9.17, 15) is 4.79 Å². The molecule has 1 aliphatic carbocycles. The van der Waals surface area contributed by atoms with Crippen molar-refractivity contribution >= 4 is 17.7 Å². The summed E-state index contributed by atoms with van der Waals surface area (Å²) in [5, 5.41) is 9.20. The van der Waals surface area contributed by atoms with Gasteiger partial charge in [0.25, 0.3) is 0 Å². The van der Waals surface area contributed by atoms with Gasteiger partial charge in [0.1, 0.15) is 5.82 Å². The average Bonchev–Trinajstić information content (AvgIpc) is 3.29. The quantitative estimate of drug-likeness (QED) is 0.769. The molecule has 1 heterocycles. The van der Waals surface area contributed by atoms with Crippen LogP contribution in [0.5, 0.6) is 0 Å². The summed E-state index contributed by atoms with van der Waals surface area (Å²) in [6.45, 7) is 2.60. The molecular weight excluding hydrogens is 296 g/mol. The summed E-state index contributed by atoms with van der Waals surface area (Å²) < 4.78 is 2.16. The third kappa shape index (κ3) is 3.50. The monoisotopic (exact) mass is 316 g/mol. The zero-order valence-corrected chi connectivity index (χ0v) is 13.7. The van der Waals surface area contributed by atoms with E-state index in [1.807, 2.05) is 44.3 Å². The second kappa shape index (κ2) is 6.52. The first-order valence-electron chi connectivity index (χ1n) is 7.47. The summed E-state index contributed by atoms with van der Waals surface area (Å²) in [6.07, 6.45) is 2.38. The van der Waals surface area contributed by atoms with E-state index >= 15 is 0 Å². The molecule has 0 atom stereocenters. The number of amides is 1. The highest BCUT2D eigenvalue weighted by Gasteiger charge is 2.28. The second-order valence-electron chi connectivity index (χ2n) is 5.66. The highest BCUT2D eigenvalue weighted by atomic mass is 32.2. The zero-order chi connectivity index (χ0) is 15.5. The molecule has 0 aliphatic heterocycles. The molecule has 1 aromatic heterocycles. The van der Waals surface area contributed by atoms with Gasteiger partial charge in [-0.25, -0.2) is 0 Å². The van der Waals surface area contributed by atoms with E-state index < -0.39 is 0 Å². The van der Waals surface area contributed by atoms with Gasteiger partial charge >= 0.3 is 0 Å². The highest BCUT2D eigenvalue weighted by Crippen LogP contribution is 2.38. The standard InChI is InChI=1S/C16H20N4OS/c1-12-17-18-16(20(12)14-8-9-14)22-11-15(21)19(2)10-13-6-4-3-5-7-13/h3-7,14H,8-11H2,1-2H3. The van der Waals surface area contributed by atoms with E-state index in [1.54, 1.807) is 4.90 Å². The first-order chi connectivity index (χ1) is 10.6. The molecule has 6 heteroatoms. The van der Waals surface area contributed by atoms with Gasteiger partial charge in [-0.05, 0) is 25.3 Å². The van der Waals surface area contributed by atoms with Crippen molar-refractivity contribution in [1.29, 1.82) is 0 Å². The maximum Gasteiger partial charge on any atom is 0.233 e. The van der Waals surface area contributed by atoms with Crippen molar-refractivity contribution in [3.63, 3.8) is 0 Å². The fourth-order valence-corrected chi connectivity index (χ4v) is 3.38. The largest absolute Gasteiger partial charge is 0.341 e. The molecule has 1 saturated carbocycles. The van der Waals surface area contributed by atoms with Crippen molar-refractivity contribution in [2.45, 2.75) is 37.5 Å². The van der Waals surface area contributed by atoms with Gasteiger partial charge in [0.15, 0.2) is 5.16 Å². The number of thioether (sulfide) groups is 1. The topological polar surface area (TPSA) is 51.0 Å². The Bertz CT molecular complexity index is 651. The fourth-order valence-electron chi connectivity index (χ4n) is 2.38. The summed E-state index contributed by atoms with van der Waals surface area (Å²) in [4.78, 5) is 14.0. The summed E-state index contributed by atoms with van der Waals surface area (Å²) >= 11 is 1.48. The number of hydrogen-bond acceptors (Lipinski definition) is 4. The van der Waals surface area contributed by atoms with Crippen LogP contribution in [-0.4, -0.2) is 38.4 Å². The maximum absolute atomic E-state index is 12.3. The van der Waals surface area contributed by atoms with Crippen LogP contribution in [-0.2, 0) is 11.3 Å². The van der Waals surface area contributed by atoms with Gasteiger partial charge < -0.3 is 9.47 Å². The predicted molar refractivity (Wildman–Crippen MR) is 86.7 cm³/mol. The molecule has 1 aliphatic rings. The van der Waals surface area contributed by atoms with Gasteiger partial charge in [-0.15, -0.1) is 10.2 Å². The molecule has 1 fully saturated rings. The average molecular weight is 316 g/mol. The van der Waals surface area contributed by atoms with Crippen molar-refractivity contribution in [3.05, 3.63) is 41.7 Å². The van der Waals surface area contributed by atoms with Crippen molar-refractivity contribution in [2.24, 2.45) is 0 Å². The van der Waals surface area contributed by atoms with Crippen LogP contribution in [0.3, 0.4) is 0 Å². The smallest absolute Gasteiger partial charge is 0.233 e. The Morgan fingerprint density at radius 2 is 2.05 bits per heavy atom. The van der Waals surface area contributed by atoms with E-state index in [0.717, 1.165) is 16.5 Å². The summed E-state index contributed by atoms with van der Waals surface area (Å²) in [6, 6.07) is 10.6. The lowest BCUT2D eigenvalue weighted by molar-refractivity contribution is -0.127. The van der Waals surface area contributed by atoms with Crippen LogP contribution in [0.2, 0.25) is 0 Å². The molecule has 0 bridgehead atoms. The molecule has 0 unspecified atom stereocenters. The Labute approximate surface area is 134 Å². The lowest BCUT2D eigenvalue weighted by Gasteiger charge is -2.17. The van der Waals surface area contributed by atoms with Crippen LogP contribution in [0.1, 0.15) is 30.3 Å². The predicted octanol–water partition coefficient (Wildman–Crippen LogP) is 2.67. The number of rotatable bonds is 6. The van der Waals surface area contributed by atoms with Crippen molar-refractivity contribution < 1.29 is 4.79 Å². The van der Waals surface area contributed by atoms with E-state index in [4.69, 9.17) is 0 Å². The van der Waals surface area contributed by atoms with Gasteiger partial charge in [-0.3, -0.25) is 4.79 Å². The van der Waals surface area contributed by atoms with Crippen LogP contribution >= 0.6 is 11.8 Å². The second-order valence-corrected chi connectivity index (χ2v) is 6.60.